The second-order valence-corrected chi connectivity index (χ2v) is 5.66. The summed E-state index contributed by atoms with van der Waals surface area (Å²) in [4.78, 5) is 9.03. The SMILES string of the molecule is COc1cccc2c1nc(CCCl)n2Cc1nccs1. The van der Waals surface area contributed by atoms with E-state index in [1.165, 1.54) is 0 Å². The normalized spacial score (nSPS) is 11.1. The molecule has 3 aromatic rings. The number of rotatable bonds is 5. The molecule has 0 amide bonds. The van der Waals surface area contributed by atoms with Crippen molar-refractivity contribution in [1.29, 1.82) is 0 Å². The first-order chi connectivity index (χ1) is 9.83. The van der Waals surface area contributed by atoms with Crippen LogP contribution in [0.4, 0.5) is 0 Å². The first kappa shape index (κ1) is 13.4. The number of methoxy groups -OCH3 is 1. The topological polar surface area (TPSA) is 39.9 Å². The quantitative estimate of drug-likeness (QED) is 0.679. The van der Waals surface area contributed by atoms with Gasteiger partial charge >= 0.3 is 0 Å². The lowest BCUT2D eigenvalue weighted by Gasteiger charge is -2.06. The standard InChI is InChI=1S/C14H14ClN3OS/c1-19-11-4-2-3-10-14(11)17-12(5-6-15)18(10)9-13-16-7-8-20-13/h2-4,7-8H,5-6,9H2,1H3. The van der Waals surface area contributed by atoms with Crippen molar-refractivity contribution in [2.45, 2.75) is 13.0 Å². The summed E-state index contributed by atoms with van der Waals surface area (Å²) in [7, 11) is 1.66. The van der Waals surface area contributed by atoms with Gasteiger partial charge in [0, 0.05) is 23.9 Å². The maximum atomic E-state index is 5.89. The van der Waals surface area contributed by atoms with E-state index in [2.05, 4.69) is 20.6 Å². The van der Waals surface area contributed by atoms with Gasteiger partial charge in [-0.15, -0.1) is 22.9 Å². The molecule has 4 nitrogen and oxygen atoms in total. The van der Waals surface area contributed by atoms with Gasteiger partial charge in [-0.05, 0) is 12.1 Å². The van der Waals surface area contributed by atoms with Crippen LogP contribution >= 0.6 is 22.9 Å². The van der Waals surface area contributed by atoms with Crippen molar-refractivity contribution in [2.24, 2.45) is 0 Å². The maximum absolute atomic E-state index is 5.89. The number of imidazole rings is 1. The molecule has 0 bridgehead atoms. The van der Waals surface area contributed by atoms with Crippen LogP contribution in [0.1, 0.15) is 10.8 Å². The Morgan fingerprint density at radius 2 is 2.30 bits per heavy atom. The number of fused-ring (bicyclic) bond motifs is 1. The number of para-hydroxylation sites is 1. The summed E-state index contributed by atoms with van der Waals surface area (Å²) in [5, 5.41) is 3.04. The van der Waals surface area contributed by atoms with Gasteiger partial charge in [0.2, 0.25) is 0 Å². The third-order valence-electron chi connectivity index (χ3n) is 3.14. The Balaban J connectivity index is 2.13. The van der Waals surface area contributed by atoms with E-state index in [1.54, 1.807) is 18.4 Å². The fraction of sp³-hybridized carbons (Fsp3) is 0.286. The number of hydrogen-bond donors (Lipinski definition) is 0. The van der Waals surface area contributed by atoms with E-state index < -0.39 is 0 Å². The molecule has 0 atom stereocenters. The molecule has 1 aromatic carbocycles. The molecule has 0 unspecified atom stereocenters. The molecule has 6 heteroatoms. The first-order valence-corrected chi connectivity index (χ1v) is 7.71. The molecule has 0 aliphatic carbocycles. The lowest BCUT2D eigenvalue weighted by molar-refractivity contribution is 0.419. The highest BCUT2D eigenvalue weighted by Gasteiger charge is 2.14. The lowest BCUT2D eigenvalue weighted by atomic mass is 10.3. The van der Waals surface area contributed by atoms with Crippen LogP contribution in [0.15, 0.2) is 29.8 Å². The van der Waals surface area contributed by atoms with Crippen LogP contribution in [0.3, 0.4) is 0 Å². The van der Waals surface area contributed by atoms with E-state index in [9.17, 15) is 0 Å². The summed E-state index contributed by atoms with van der Waals surface area (Å²) in [6.45, 7) is 0.716. The number of aromatic nitrogens is 3. The van der Waals surface area contributed by atoms with Gasteiger partial charge in [0.1, 0.15) is 22.1 Å². The Hall–Kier alpha value is -1.59. The Labute approximate surface area is 126 Å². The van der Waals surface area contributed by atoms with Gasteiger partial charge < -0.3 is 9.30 Å². The number of nitrogens with zero attached hydrogens (tertiary/aromatic N) is 3. The van der Waals surface area contributed by atoms with E-state index in [0.29, 0.717) is 12.4 Å². The molecule has 20 heavy (non-hydrogen) atoms. The molecule has 0 fully saturated rings. The molecule has 2 aromatic heterocycles. The van der Waals surface area contributed by atoms with Gasteiger partial charge in [-0.25, -0.2) is 9.97 Å². The van der Waals surface area contributed by atoms with E-state index in [4.69, 9.17) is 16.3 Å². The van der Waals surface area contributed by atoms with Gasteiger partial charge in [0.25, 0.3) is 0 Å². The Morgan fingerprint density at radius 3 is 3.00 bits per heavy atom. The van der Waals surface area contributed by atoms with Gasteiger partial charge in [-0.2, -0.15) is 0 Å². The Kier molecular flexibility index (Phi) is 3.89. The Bertz CT molecular complexity index is 709. The van der Waals surface area contributed by atoms with Gasteiger partial charge in [-0.1, -0.05) is 6.07 Å². The monoisotopic (exact) mass is 307 g/mol. The molecular weight excluding hydrogens is 294 g/mol. The molecule has 0 radical (unpaired) electrons. The van der Waals surface area contributed by atoms with Crippen molar-refractivity contribution in [3.63, 3.8) is 0 Å². The van der Waals surface area contributed by atoms with Crippen LogP contribution in [-0.4, -0.2) is 27.5 Å². The van der Waals surface area contributed by atoms with Crippen LogP contribution in [0.25, 0.3) is 11.0 Å². The van der Waals surface area contributed by atoms with Crippen LogP contribution < -0.4 is 4.74 Å². The summed E-state index contributed by atoms with van der Waals surface area (Å²) in [5.41, 5.74) is 1.94. The number of ether oxygens (including phenoxy) is 1. The van der Waals surface area contributed by atoms with Crippen LogP contribution in [0.2, 0.25) is 0 Å². The number of aryl methyl sites for hydroxylation is 1. The van der Waals surface area contributed by atoms with Gasteiger partial charge in [0.05, 0.1) is 19.2 Å². The highest BCUT2D eigenvalue weighted by atomic mass is 35.5. The molecule has 0 aliphatic rings. The maximum Gasteiger partial charge on any atom is 0.146 e. The van der Waals surface area contributed by atoms with Crippen molar-refractivity contribution in [3.8, 4) is 5.75 Å². The summed E-state index contributed by atoms with van der Waals surface area (Å²) in [6.07, 6.45) is 2.55. The zero-order valence-electron chi connectivity index (χ0n) is 11.0. The number of benzene rings is 1. The number of thiazole rings is 1. The minimum atomic E-state index is 0.545. The molecule has 0 spiro atoms. The summed E-state index contributed by atoms with van der Waals surface area (Å²) in [5.74, 6) is 2.30. The van der Waals surface area contributed by atoms with E-state index in [-0.39, 0.29) is 0 Å². The van der Waals surface area contributed by atoms with Gasteiger partial charge in [-0.3, -0.25) is 0 Å². The summed E-state index contributed by atoms with van der Waals surface area (Å²) >= 11 is 7.54. The zero-order chi connectivity index (χ0) is 13.9. The van der Waals surface area contributed by atoms with E-state index in [0.717, 1.165) is 34.0 Å². The second-order valence-electron chi connectivity index (χ2n) is 4.31. The first-order valence-electron chi connectivity index (χ1n) is 6.30. The second kappa shape index (κ2) is 5.81. The van der Waals surface area contributed by atoms with Gasteiger partial charge in [0.15, 0.2) is 0 Å². The average molecular weight is 308 g/mol. The minimum Gasteiger partial charge on any atom is -0.494 e. The number of hydrogen-bond acceptors (Lipinski definition) is 4. The van der Waals surface area contributed by atoms with Crippen LogP contribution in [0, 0.1) is 0 Å². The molecule has 3 rings (SSSR count). The molecule has 0 aliphatic heterocycles. The lowest BCUT2D eigenvalue weighted by Crippen LogP contribution is -2.05. The zero-order valence-corrected chi connectivity index (χ0v) is 12.6. The summed E-state index contributed by atoms with van der Waals surface area (Å²) < 4.78 is 7.55. The van der Waals surface area contributed by atoms with Crippen molar-refractivity contribution in [3.05, 3.63) is 40.6 Å². The third kappa shape index (κ3) is 2.39. The Morgan fingerprint density at radius 1 is 1.40 bits per heavy atom. The fourth-order valence-electron chi connectivity index (χ4n) is 2.25. The predicted molar refractivity (Wildman–Crippen MR) is 81.9 cm³/mol. The largest absolute Gasteiger partial charge is 0.494 e. The van der Waals surface area contributed by atoms with Crippen molar-refractivity contribution >= 4 is 34.0 Å². The smallest absolute Gasteiger partial charge is 0.146 e. The minimum absolute atomic E-state index is 0.545. The fourth-order valence-corrected chi connectivity index (χ4v) is 3.03. The predicted octanol–water partition coefficient (Wildman–Crippen LogP) is 3.33. The van der Waals surface area contributed by atoms with E-state index >= 15 is 0 Å². The highest BCUT2D eigenvalue weighted by molar-refractivity contribution is 7.09. The molecule has 104 valence electrons. The molecule has 2 heterocycles. The molecular formula is C14H14ClN3OS. The molecule has 0 saturated heterocycles. The van der Waals surface area contributed by atoms with E-state index in [1.807, 2.05) is 23.7 Å². The number of halogens is 1. The molecule has 0 N–H and O–H groups in total. The van der Waals surface area contributed by atoms with Crippen molar-refractivity contribution in [2.75, 3.05) is 13.0 Å². The highest BCUT2D eigenvalue weighted by Crippen LogP contribution is 2.27. The van der Waals surface area contributed by atoms with Crippen molar-refractivity contribution in [1.82, 2.24) is 14.5 Å². The van der Waals surface area contributed by atoms with Crippen molar-refractivity contribution < 1.29 is 4.74 Å². The van der Waals surface area contributed by atoms with Crippen LogP contribution in [0.5, 0.6) is 5.75 Å². The average Bonchev–Trinajstić information content (AvgIpc) is 3.08. The summed E-state index contributed by atoms with van der Waals surface area (Å²) in [6, 6.07) is 5.95. The number of alkyl halides is 1. The molecule has 0 saturated carbocycles. The third-order valence-corrected chi connectivity index (χ3v) is 4.09. The van der Waals surface area contributed by atoms with Crippen LogP contribution in [-0.2, 0) is 13.0 Å².